The van der Waals surface area contributed by atoms with Gasteiger partial charge in [-0.05, 0) is 38.1 Å². The van der Waals surface area contributed by atoms with Crippen LogP contribution in [0.1, 0.15) is 39.5 Å². The van der Waals surface area contributed by atoms with E-state index in [-0.39, 0.29) is 24.8 Å². The molecule has 0 aromatic rings. The molecule has 10 N–H and O–H groups in total. The average molecular weight is 458 g/mol. The third kappa shape index (κ3) is 9.06. The zero-order valence-electron chi connectivity index (χ0n) is 18.5. The number of nitrogens with zero attached hydrogens (tertiary/aromatic N) is 1. The lowest BCUT2D eigenvalue weighted by Gasteiger charge is -2.25. The highest BCUT2D eigenvalue weighted by molar-refractivity contribution is 5.94. The first kappa shape index (κ1) is 27.1. The number of carboxylic acid groups (broad SMARTS) is 1. The molecule has 4 unspecified atom stereocenters. The molecule has 13 nitrogen and oxygen atoms in total. The number of carbonyl (C=O) groups is 4. The van der Waals surface area contributed by atoms with E-state index in [9.17, 15) is 29.4 Å². The van der Waals surface area contributed by atoms with Crippen LogP contribution in [0.5, 0.6) is 0 Å². The molecule has 4 atom stereocenters. The Hall–Kier alpha value is -2.93. The summed E-state index contributed by atoms with van der Waals surface area (Å²) in [4.78, 5) is 52.9. The van der Waals surface area contributed by atoms with Crippen molar-refractivity contribution in [1.82, 2.24) is 21.3 Å². The molecule has 0 radical (unpaired) electrons. The van der Waals surface area contributed by atoms with E-state index in [2.05, 4.69) is 26.3 Å². The van der Waals surface area contributed by atoms with Crippen molar-refractivity contribution in [2.24, 2.45) is 22.4 Å². The molecule has 1 aliphatic heterocycles. The largest absolute Gasteiger partial charge is 0.480 e. The first-order valence-electron chi connectivity index (χ1n) is 10.6. The molecule has 1 aliphatic rings. The summed E-state index contributed by atoms with van der Waals surface area (Å²) in [6.45, 7) is 3.42. The summed E-state index contributed by atoms with van der Waals surface area (Å²) in [6, 6.07) is -3.98. The number of nitrogens with two attached hydrogens (primary N) is 2. The quantitative estimate of drug-likeness (QED) is 0.0799. The number of aliphatic carboxylic acids is 1. The van der Waals surface area contributed by atoms with Gasteiger partial charge in [-0.25, -0.2) is 4.79 Å². The number of aliphatic imine (C=N–C) groups is 1. The Morgan fingerprint density at radius 2 is 1.75 bits per heavy atom. The zero-order chi connectivity index (χ0) is 24.3. The monoisotopic (exact) mass is 457 g/mol. The lowest BCUT2D eigenvalue weighted by molar-refractivity contribution is -0.143. The van der Waals surface area contributed by atoms with E-state index in [1.807, 2.05) is 0 Å². The van der Waals surface area contributed by atoms with E-state index in [0.717, 1.165) is 6.42 Å². The van der Waals surface area contributed by atoms with Gasteiger partial charge in [-0.2, -0.15) is 0 Å². The van der Waals surface area contributed by atoms with Crippen molar-refractivity contribution in [3.63, 3.8) is 0 Å². The van der Waals surface area contributed by atoms with Crippen LogP contribution >= 0.6 is 0 Å². The molecule has 0 saturated carbocycles. The van der Waals surface area contributed by atoms with Crippen LogP contribution in [0.3, 0.4) is 0 Å². The second-order valence-corrected chi connectivity index (χ2v) is 7.97. The van der Waals surface area contributed by atoms with E-state index in [1.54, 1.807) is 13.8 Å². The van der Waals surface area contributed by atoms with Gasteiger partial charge in [0.05, 0.1) is 12.6 Å². The summed E-state index contributed by atoms with van der Waals surface area (Å²) in [6.07, 6.45) is 2.04. The van der Waals surface area contributed by atoms with Crippen molar-refractivity contribution in [1.29, 1.82) is 0 Å². The molecule has 13 heteroatoms. The van der Waals surface area contributed by atoms with E-state index < -0.39 is 54.5 Å². The number of guanidine groups is 1. The Balaban J connectivity index is 2.82. The summed E-state index contributed by atoms with van der Waals surface area (Å²) in [5, 5.41) is 29.2. The van der Waals surface area contributed by atoms with Crippen molar-refractivity contribution in [3.8, 4) is 0 Å². The number of carbonyl (C=O) groups excluding carboxylic acids is 3. The van der Waals surface area contributed by atoms with Crippen LogP contribution in [-0.4, -0.2) is 83.7 Å². The molecule has 1 saturated heterocycles. The second-order valence-electron chi connectivity index (χ2n) is 7.97. The Morgan fingerprint density at radius 1 is 1.09 bits per heavy atom. The molecular formula is C19H35N7O6. The Labute approximate surface area is 186 Å². The SMILES string of the molecule is CC(C)C(NC(=O)C(CO)NC(=O)C(CCCN=C(N)N)NC(=O)C1CCCN1)C(=O)O. The number of rotatable bonds is 13. The smallest absolute Gasteiger partial charge is 0.326 e. The Morgan fingerprint density at radius 3 is 2.25 bits per heavy atom. The standard InChI is InChI=1S/C19H35N7O6/c1-10(2)14(18(31)32)26-17(30)13(9-27)25-16(29)12(6-4-8-23-19(20)21)24-15(28)11-5-3-7-22-11/h10-14,22,27H,3-9H2,1-2H3,(H,24,28)(H,25,29)(H,26,30)(H,31,32)(H4,20,21,23). The first-order chi connectivity index (χ1) is 15.1. The van der Waals surface area contributed by atoms with E-state index >= 15 is 0 Å². The molecule has 1 fully saturated rings. The van der Waals surface area contributed by atoms with E-state index in [0.29, 0.717) is 19.4 Å². The van der Waals surface area contributed by atoms with Gasteiger partial charge in [0.1, 0.15) is 18.1 Å². The molecule has 32 heavy (non-hydrogen) atoms. The average Bonchev–Trinajstić information content (AvgIpc) is 3.26. The highest BCUT2D eigenvalue weighted by Gasteiger charge is 2.31. The van der Waals surface area contributed by atoms with Gasteiger partial charge in [0.25, 0.3) is 0 Å². The molecular weight excluding hydrogens is 422 g/mol. The molecule has 1 rings (SSSR count). The van der Waals surface area contributed by atoms with Gasteiger partial charge in [-0.1, -0.05) is 13.8 Å². The number of aliphatic hydroxyl groups excluding tert-OH is 1. The number of hydrogen-bond acceptors (Lipinski definition) is 7. The van der Waals surface area contributed by atoms with Gasteiger partial charge in [0, 0.05) is 6.54 Å². The van der Waals surface area contributed by atoms with Gasteiger partial charge in [0.15, 0.2) is 5.96 Å². The minimum Gasteiger partial charge on any atom is -0.480 e. The minimum absolute atomic E-state index is 0.0969. The molecule has 3 amide bonds. The fraction of sp³-hybridized carbons (Fsp3) is 0.737. The van der Waals surface area contributed by atoms with Gasteiger partial charge in [0.2, 0.25) is 17.7 Å². The normalized spacial score (nSPS) is 18.3. The van der Waals surface area contributed by atoms with Crippen LogP contribution in [0.4, 0.5) is 0 Å². The fourth-order valence-corrected chi connectivity index (χ4v) is 3.19. The maximum Gasteiger partial charge on any atom is 0.326 e. The maximum absolute atomic E-state index is 12.8. The van der Waals surface area contributed by atoms with Crippen LogP contribution in [0.2, 0.25) is 0 Å². The number of amides is 3. The van der Waals surface area contributed by atoms with Crippen LogP contribution in [-0.2, 0) is 19.2 Å². The van der Waals surface area contributed by atoms with Crippen LogP contribution < -0.4 is 32.7 Å². The third-order valence-corrected chi connectivity index (χ3v) is 5.00. The third-order valence-electron chi connectivity index (χ3n) is 5.00. The lowest BCUT2D eigenvalue weighted by Crippen LogP contribution is -2.58. The van der Waals surface area contributed by atoms with Crippen molar-refractivity contribution >= 4 is 29.7 Å². The molecule has 0 bridgehead atoms. The molecule has 0 aromatic carbocycles. The topological polar surface area (TPSA) is 221 Å². The van der Waals surface area contributed by atoms with Crippen molar-refractivity contribution in [2.75, 3.05) is 19.7 Å². The summed E-state index contributed by atoms with van der Waals surface area (Å²) in [5.41, 5.74) is 10.6. The zero-order valence-corrected chi connectivity index (χ0v) is 18.5. The lowest BCUT2D eigenvalue weighted by atomic mass is 10.0. The first-order valence-corrected chi connectivity index (χ1v) is 10.6. The van der Waals surface area contributed by atoms with Gasteiger partial charge in [-0.3, -0.25) is 19.4 Å². The number of hydrogen-bond donors (Lipinski definition) is 8. The maximum atomic E-state index is 12.8. The predicted molar refractivity (Wildman–Crippen MR) is 116 cm³/mol. The van der Waals surface area contributed by atoms with Crippen molar-refractivity contribution in [2.45, 2.75) is 63.7 Å². The van der Waals surface area contributed by atoms with Crippen molar-refractivity contribution < 1.29 is 29.4 Å². The molecule has 0 aromatic heterocycles. The van der Waals surface area contributed by atoms with Crippen LogP contribution in [0.25, 0.3) is 0 Å². The highest BCUT2D eigenvalue weighted by atomic mass is 16.4. The van der Waals surface area contributed by atoms with Crippen molar-refractivity contribution in [3.05, 3.63) is 0 Å². The Bertz CT molecular complexity index is 690. The number of aliphatic hydroxyl groups is 1. The second kappa shape index (κ2) is 13.5. The van der Waals surface area contributed by atoms with Gasteiger partial charge in [-0.15, -0.1) is 0 Å². The van der Waals surface area contributed by atoms with E-state index in [1.165, 1.54) is 0 Å². The number of nitrogens with one attached hydrogen (secondary N) is 4. The summed E-state index contributed by atoms with van der Waals surface area (Å²) >= 11 is 0. The van der Waals surface area contributed by atoms with Gasteiger partial charge >= 0.3 is 5.97 Å². The fourth-order valence-electron chi connectivity index (χ4n) is 3.19. The van der Waals surface area contributed by atoms with Gasteiger partial charge < -0.3 is 42.9 Å². The van der Waals surface area contributed by atoms with Crippen LogP contribution in [0.15, 0.2) is 4.99 Å². The molecule has 1 heterocycles. The molecule has 0 spiro atoms. The Kier molecular flexibility index (Phi) is 11.4. The summed E-state index contributed by atoms with van der Waals surface area (Å²) in [5.74, 6) is -3.62. The summed E-state index contributed by atoms with van der Waals surface area (Å²) < 4.78 is 0. The minimum atomic E-state index is -1.38. The predicted octanol–water partition coefficient (Wildman–Crippen LogP) is -3.02. The van der Waals surface area contributed by atoms with Crippen LogP contribution in [0, 0.1) is 5.92 Å². The summed E-state index contributed by atoms with van der Waals surface area (Å²) in [7, 11) is 0. The molecule has 0 aliphatic carbocycles. The van der Waals surface area contributed by atoms with E-state index in [4.69, 9.17) is 11.5 Å². The number of carboxylic acids is 1. The molecule has 182 valence electrons. The highest BCUT2D eigenvalue weighted by Crippen LogP contribution is 2.07.